The molecule has 1 aliphatic rings. The van der Waals surface area contributed by atoms with Crippen LogP contribution in [0.1, 0.15) is 41.8 Å². The van der Waals surface area contributed by atoms with Gasteiger partial charge in [-0.1, -0.05) is 35.9 Å². The van der Waals surface area contributed by atoms with Crippen LogP contribution in [0.2, 0.25) is 5.02 Å². The van der Waals surface area contributed by atoms with Crippen LogP contribution in [-0.4, -0.2) is 38.4 Å². The Morgan fingerprint density at radius 2 is 2.09 bits per heavy atom. The minimum Gasteiger partial charge on any atom is -0.445 e. The molecule has 3 heterocycles. The number of para-hydroxylation sites is 2. The molecule has 0 spiro atoms. The van der Waals surface area contributed by atoms with Crippen LogP contribution < -0.4 is 0 Å². The molecule has 0 aliphatic carbocycles. The van der Waals surface area contributed by atoms with E-state index >= 15 is 0 Å². The predicted molar refractivity (Wildman–Crippen MR) is 124 cm³/mol. The zero-order chi connectivity index (χ0) is 22.1. The number of piperidine rings is 1. The molecule has 1 amide bonds. The first-order valence-electron chi connectivity index (χ1n) is 11.0. The fraction of sp³-hybridized carbons (Fsp3) is 0.320. The van der Waals surface area contributed by atoms with Crippen molar-refractivity contribution in [1.82, 2.24) is 19.4 Å². The van der Waals surface area contributed by atoms with E-state index in [1.165, 1.54) is 0 Å². The van der Waals surface area contributed by atoms with Crippen molar-refractivity contribution in [2.75, 3.05) is 13.1 Å². The van der Waals surface area contributed by atoms with Crippen LogP contribution in [0.15, 0.2) is 59.1 Å². The number of aromatic nitrogens is 3. The molecule has 7 heteroatoms. The molecule has 1 unspecified atom stereocenters. The molecule has 1 atom stereocenters. The molecule has 2 aromatic heterocycles. The number of benzene rings is 2. The van der Waals surface area contributed by atoms with E-state index in [4.69, 9.17) is 16.0 Å². The molecule has 4 aromatic rings. The first kappa shape index (κ1) is 20.8. The Morgan fingerprint density at radius 1 is 1.22 bits per heavy atom. The fourth-order valence-corrected chi connectivity index (χ4v) is 4.69. The van der Waals surface area contributed by atoms with Crippen LogP contribution >= 0.6 is 11.6 Å². The molecule has 0 saturated carbocycles. The molecule has 32 heavy (non-hydrogen) atoms. The van der Waals surface area contributed by atoms with Crippen LogP contribution in [0, 0.1) is 6.92 Å². The number of nitrogens with zero attached hydrogens (tertiary/aromatic N) is 4. The van der Waals surface area contributed by atoms with Crippen molar-refractivity contribution in [3.8, 4) is 0 Å². The van der Waals surface area contributed by atoms with Crippen LogP contribution in [0.5, 0.6) is 0 Å². The van der Waals surface area contributed by atoms with Gasteiger partial charge in [0.2, 0.25) is 5.91 Å². The van der Waals surface area contributed by atoms with E-state index in [-0.39, 0.29) is 11.8 Å². The predicted octanol–water partition coefficient (Wildman–Crippen LogP) is 4.98. The highest BCUT2D eigenvalue weighted by Crippen LogP contribution is 2.28. The zero-order valence-electron chi connectivity index (χ0n) is 18.0. The van der Waals surface area contributed by atoms with Crippen LogP contribution in [0.25, 0.3) is 11.0 Å². The first-order valence-corrected chi connectivity index (χ1v) is 11.3. The van der Waals surface area contributed by atoms with Gasteiger partial charge in [0.05, 0.1) is 23.1 Å². The Hall–Kier alpha value is -3.12. The molecule has 164 valence electrons. The van der Waals surface area contributed by atoms with Gasteiger partial charge in [-0.3, -0.25) is 4.79 Å². The summed E-state index contributed by atoms with van der Waals surface area (Å²) in [4.78, 5) is 24.2. The number of hydrogen-bond donors (Lipinski definition) is 0. The van der Waals surface area contributed by atoms with E-state index in [1.807, 2.05) is 64.9 Å². The van der Waals surface area contributed by atoms with Crippen molar-refractivity contribution in [2.24, 2.45) is 0 Å². The zero-order valence-corrected chi connectivity index (χ0v) is 18.8. The standard InChI is InChI=1S/C25H25ClN4O2/c1-17-28-22-9-2-3-10-23(22)30(17)16-24(31)29-11-5-7-19(15-29)25-27-14-21(32-25)13-18-6-4-8-20(26)12-18/h2-4,6,8-10,12,14,19H,5,7,11,13,15-16H2,1H3. The summed E-state index contributed by atoms with van der Waals surface area (Å²) in [5.74, 6) is 2.59. The van der Waals surface area contributed by atoms with Crippen molar-refractivity contribution >= 4 is 28.5 Å². The minimum atomic E-state index is 0.103. The third-order valence-corrected chi connectivity index (χ3v) is 6.34. The van der Waals surface area contributed by atoms with E-state index in [0.29, 0.717) is 30.4 Å². The lowest BCUT2D eigenvalue weighted by Gasteiger charge is -2.31. The van der Waals surface area contributed by atoms with E-state index < -0.39 is 0 Å². The maximum Gasteiger partial charge on any atom is 0.242 e. The van der Waals surface area contributed by atoms with Crippen molar-refractivity contribution in [1.29, 1.82) is 0 Å². The highest BCUT2D eigenvalue weighted by Gasteiger charge is 2.28. The molecule has 1 aliphatic heterocycles. The topological polar surface area (TPSA) is 64.2 Å². The molecular formula is C25H25ClN4O2. The fourth-order valence-electron chi connectivity index (χ4n) is 4.48. The Labute approximate surface area is 191 Å². The molecule has 2 aromatic carbocycles. The van der Waals surface area contributed by atoms with Gasteiger partial charge in [-0.05, 0) is 49.6 Å². The number of rotatable bonds is 5. The van der Waals surface area contributed by atoms with Crippen LogP contribution in [0.4, 0.5) is 0 Å². The summed E-state index contributed by atoms with van der Waals surface area (Å²) >= 11 is 6.09. The number of hydrogen-bond acceptors (Lipinski definition) is 4. The third kappa shape index (κ3) is 4.28. The normalized spacial score (nSPS) is 16.6. The number of amides is 1. The molecule has 1 saturated heterocycles. The number of carbonyl (C=O) groups is 1. The number of aryl methyl sites for hydroxylation is 1. The summed E-state index contributed by atoms with van der Waals surface area (Å²) in [5.41, 5.74) is 3.00. The number of imidazole rings is 1. The van der Waals surface area contributed by atoms with Crippen molar-refractivity contribution in [3.05, 3.63) is 82.8 Å². The highest BCUT2D eigenvalue weighted by molar-refractivity contribution is 6.30. The lowest BCUT2D eigenvalue weighted by molar-refractivity contribution is -0.133. The summed E-state index contributed by atoms with van der Waals surface area (Å²) in [6, 6.07) is 15.7. The molecule has 1 fully saturated rings. The number of oxazole rings is 1. The second-order valence-electron chi connectivity index (χ2n) is 8.38. The number of likely N-dealkylation sites (tertiary alicyclic amines) is 1. The van der Waals surface area contributed by atoms with Gasteiger partial charge in [-0.15, -0.1) is 0 Å². The molecule has 6 nitrogen and oxygen atoms in total. The van der Waals surface area contributed by atoms with E-state index in [9.17, 15) is 4.79 Å². The maximum atomic E-state index is 13.1. The summed E-state index contributed by atoms with van der Waals surface area (Å²) in [6.45, 7) is 3.63. The van der Waals surface area contributed by atoms with Crippen molar-refractivity contribution in [3.63, 3.8) is 0 Å². The number of carbonyl (C=O) groups excluding carboxylic acids is 1. The van der Waals surface area contributed by atoms with Gasteiger partial charge in [-0.25, -0.2) is 9.97 Å². The summed E-state index contributed by atoms with van der Waals surface area (Å²) in [6.07, 6.45) is 4.34. The monoisotopic (exact) mass is 448 g/mol. The quantitative estimate of drug-likeness (QED) is 0.431. The minimum absolute atomic E-state index is 0.103. The lowest BCUT2D eigenvalue weighted by atomic mass is 9.98. The van der Waals surface area contributed by atoms with Gasteiger partial charge in [0, 0.05) is 24.5 Å². The Bertz CT molecular complexity index is 1260. The molecular weight excluding hydrogens is 424 g/mol. The molecule has 0 bridgehead atoms. The van der Waals surface area contributed by atoms with E-state index in [1.54, 1.807) is 6.20 Å². The Balaban J connectivity index is 1.27. The smallest absolute Gasteiger partial charge is 0.242 e. The van der Waals surface area contributed by atoms with Crippen LogP contribution in [-0.2, 0) is 17.8 Å². The molecule has 0 radical (unpaired) electrons. The highest BCUT2D eigenvalue weighted by atomic mass is 35.5. The molecule has 5 rings (SSSR count). The summed E-state index contributed by atoms with van der Waals surface area (Å²) in [7, 11) is 0. The average molecular weight is 449 g/mol. The Kier molecular flexibility index (Phi) is 5.70. The maximum absolute atomic E-state index is 13.1. The Morgan fingerprint density at radius 3 is 2.97 bits per heavy atom. The van der Waals surface area contributed by atoms with E-state index in [2.05, 4.69) is 9.97 Å². The van der Waals surface area contributed by atoms with Gasteiger partial charge >= 0.3 is 0 Å². The number of fused-ring (bicyclic) bond motifs is 1. The summed E-state index contributed by atoms with van der Waals surface area (Å²) in [5, 5.41) is 0.713. The SMILES string of the molecule is Cc1nc2ccccc2n1CC(=O)N1CCCC(c2ncc(Cc3cccc(Cl)c3)o2)C1. The van der Waals surface area contributed by atoms with Gasteiger partial charge in [-0.2, -0.15) is 0 Å². The first-order chi connectivity index (χ1) is 15.6. The second-order valence-corrected chi connectivity index (χ2v) is 8.82. The molecule has 0 N–H and O–H groups in total. The van der Waals surface area contributed by atoms with E-state index in [0.717, 1.165) is 47.6 Å². The van der Waals surface area contributed by atoms with Crippen molar-refractivity contribution < 1.29 is 9.21 Å². The third-order valence-electron chi connectivity index (χ3n) is 6.10. The van der Waals surface area contributed by atoms with Crippen LogP contribution in [0.3, 0.4) is 0 Å². The van der Waals surface area contributed by atoms with Gasteiger partial charge in [0.15, 0.2) is 5.89 Å². The van der Waals surface area contributed by atoms with Gasteiger partial charge < -0.3 is 13.9 Å². The summed E-state index contributed by atoms with van der Waals surface area (Å²) < 4.78 is 8.07. The largest absolute Gasteiger partial charge is 0.445 e. The second kappa shape index (κ2) is 8.79. The lowest BCUT2D eigenvalue weighted by Crippen LogP contribution is -2.41. The average Bonchev–Trinajstić information content (AvgIpc) is 3.38. The van der Waals surface area contributed by atoms with Gasteiger partial charge in [0.25, 0.3) is 0 Å². The van der Waals surface area contributed by atoms with Crippen molar-refractivity contribution in [2.45, 2.75) is 38.6 Å². The van der Waals surface area contributed by atoms with Gasteiger partial charge in [0.1, 0.15) is 18.1 Å². The number of halogens is 1.